The summed E-state index contributed by atoms with van der Waals surface area (Å²) in [6.07, 6.45) is 1.67. The van der Waals surface area contributed by atoms with Gasteiger partial charge in [-0.15, -0.1) is 0 Å². The molecule has 106 valence electrons. The Labute approximate surface area is 125 Å². The second kappa shape index (κ2) is 5.20. The second-order valence-electron chi connectivity index (χ2n) is 4.58. The molecule has 0 saturated heterocycles. The average Bonchev–Trinajstić information content (AvgIpc) is 2.85. The molecule has 5 nitrogen and oxygen atoms in total. The number of aliphatic hydroxyl groups is 1. The summed E-state index contributed by atoms with van der Waals surface area (Å²) in [6, 6.07) is 10.4. The molecule has 2 heterocycles. The first kappa shape index (κ1) is 13.6. The number of hydrogen-bond acceptors (Lipinski definition) is 3. The molecule has 6 heteroatoms. The maximum Gasteiger partial charge on any atom is 0.248 e. The molecule has 3 rings (SSSR count). The lowest BCUT2D eigenvalue weighted by molar-refractivity contribution is 0.100. The number of carbonyl (C=O) groups excluding carboxylic acids is 1. The van der Waals surface area contributed by atoms with Crippen molar-refractivity contribution in [1.82, 2.24) is 9.38 Å². The van der Waals surface area contributed by atoms with Crippen LogP contribution in [-0.2, 0) is 6.61 Å². The molecule has 0 atom stereocenters. The van der Waals surface area contributed by atoms with E-state index in [4.69, 9.17) is 17.3 Å². The number of hydrogen-bond donors (Lipinski definition) is 2. The topological polar surface area (TPSA) is 80.6 Å². The number of pyridine rings is 1. The molecule has 0 fully saturated rings. The van der Waals surface area contributed by atoms with Gasteiger partial charge in [0.25, 0.3) is 0 Å². The SMILES string of the molecule is NC(=O)c1ccn2c(CO)c(-c3ccc(Cl)cc3)nc2c1. The van der Waals surface area contributed by atoms with E-state index >= 15 is 0 Å². The first-order valence-electron chi connectivity index (χ1n) is 6.27. The van der Waals surface area contributed by atoms with Crippen LogP contribution >= 0.6 is 11.6 Å². The summed E-state index contributed by atoms with van der Waals surface area (Å²) < 4.78 is 1.73. The summed E-state index contributed by atoms with van der Waals surface area (Å²) in [4.78, 5) is 15.7. The Morgan fingerprint density at radius 1 is 1.29 bits per heavy atom. The van der Waals surface area contributed by atoms with Crippen molar-refractivity contribution in [1.29, 1.82) is 0 Å². The Kier molecular flexibility index (Phi) is 3.37. The van der Waals surface area contributed by atoms with Gasteiger partial charge in [0, 0.05) is 22.3 Å². The molecule has 0 aliphatic heterocycles. The van der Waals surface area contributed by atoms with E-state index in [0.717, 1.165) is 5.56 Å². The number of aliphatic hydroxyl groups excluding tert-OH is 1. The van der Waals surface area contributed by atoms with E-state index in [1.54, 1.807) is 34.9 Å². The van der Waals surface area contributed by atoms with Crippen molar-refractivity contribution in [2.45, 2.75) is 6.61 Å². The second-order valence-corrected chi connectivity index (χ2v) is 5.02. The normalized spacial score (nSPS) is 11.0. The van der Waals surface area contributed by atoms with Crippen LogP contribution < -0.4 is 5.73 Å². The van der Waals surface area contributed by atoms with E-state index in [2.05, 4.69) is 4.98 Å². The summed E-state index contributed by atoms with van der Waals surface area (Å²) in [6.45, 7) is -0.172. The molecule has 0 radical (unpaired) electrons. The van der Waals surface area contributed by atoms with Gasteiger partial charge in [-0.1, -0.05) is 23.7 Å². The van der Waals surface area contributed by atoms with Crippen LogP contribution in [0, 0.1) is 0 Å². The summed E-state index contributed by atoms with van der Waals surface area (Å²) >= 11 is 5.88. The molecule has 21 heavy (non-hydrogen) atoms. The molecular formula is C15H12ClN3O2. The zero-order chi connectivity index (χ0) is 15.0. The van der Waals surface area contributed by atoms with Crippen LogP contribution in [0.1, 0.15) is 16.1 Å². The lowest BCUT2D eigenvalue weighted by Gasteiger charge is -2.02. The van der Waals surface area contributed by atoms with Gasteiger partial charge in [0.15, 0.2) is 0 Å². The molecule has 0 spiro atoms. The zero-order valence-electron chi connectivity index (χ0n) is 11.0. The van der Waals surface area contributed by atoms with Crippen molar-refractivity contribution in [2.75, 3.05) is 0 Å². The third kappa shape index (κ3) is 2.37. The van der Waals surface area contributed by atoms with Crippen LogP contribution in [0.4, 0.5) is 0 Å². The van der Waals surface area contributed by atoms with Gasteiger partial charge in [0.05, 0.1) is 18.0 Å². The minimum Gasteiger partial charge on any atom is -0.390 e. The van der Waals surface area contributed by atoms with Crippen molar-refractivity contribution < 1.29 is 9.90 Å². The third-order valence-electron chi connectivity index (χ3n) is 3.28. The lowest BCUT2D eigenvalue weighted by Crippen LogP contribution is -2.11. The first-order chi connectivity index (χ1) is 10.1. The van der Waals surface area contributed by atoms with Crippen LogP contribution in [0.5, 0.6) is 0 Å². The van der Waals surface area contributed by atoms with E-state index in [1.807, 2.05) is 12.1 Å². The van der Waals surface area contributed by atoms with Crippen molar-refractivity contribution in [3.05, 3.63) is 58.9 Å². The Morgan fingerprint density at radius 3 is 2.62 bits per heavy atom. The fourth-order valence-corrected chi connectivity index (χ4v) is 2.36. The number of fused-ring (bicyclic) bond motifs is 1. The molecule has 0 unspecified atom stereocenters. The highest BCUT2D eigenvalue weighted by Crippen LogP contribution is 2.26. The Hall–Kier alpha value is -2.37. The van der Waals surface area contributed by atoms with Gasteiger partial charge in [-0.05, 0) is 24.3 Å². The third-order valence-corrected chi connectivity index (χ3v) is 3.53. The van der Waals surface area contributed by atoms with Gasteiger partial charge in [0.1, 0.15) is 5.65 Å². The van der Waals surface area contributed by atoms with E-state index in [1.165, 1.54) is 0 Å². The predicted octanol–water partition coefficient (Wildman–Crippen LogP) is 2.25. The molecule has 1 amide bonds. The molecule has 0 bridgehead atoms. The highest BCUT2D eigenvalue weighted by atomic mass is 35.5. The average molecular weight is 302 g/mol. The number of rotatable bonds is 3. The number of imidazole rings is 1. The Bertz CT molecular complexity index is 825. The zero-order valence-corrected chi connectivity index (χ0v) is 11.7. The van der Waals surface area contributed by atoms with E-state index in [0.29, 0.717) is 27.6 Å². The first-order valence-corrected chi connectivity index (χ1v) is 6.65. The van der Waals surface area contributed by atoms with Crippen LogP contribution in [0.3, 0.4) is 0 Å². The molecular weight excluding hydrogens is 290 g/mol. The highest BCUT2D eigenvalue weighted by molar-refractivity contribution is 6.30. The fraction of sp³-hybridized carbons (Fsp3) is 0.0667. The maximum absolute atomic E-state index is 11.2. The van der Waals surface area contributed by atoms with Crippen molar-refractivity contribution >= 4 is 23.2 Å². The highest BCUT2D eigenvalue weighted by Gasteiger charge is 2.14. The number of nitrogens with zero attached hydrogens (tertiary/aromatic N) is 2. The van der Waals surface area contributed by atoms with Crippen LogP contribution in [0.15, 0.2) is 42.6 Å². The van der Waals surface area contributed by atoms with Gasteiger partial charge in [-0.25, -0.2) is 4.98 Å². The van der Waals surface area contributed by atoms with Crippen molar-refractivity contribution in [2.24, 2.45) is 5.73 Å². The number of nitrogens with two attached hydrogens (primary N) is 1. The smallest absolute Gasteiger partial charge is 0.248 e. The summed E-state index contributed by atoms with van der Waals surface area (Å²) in [5.74, 6) is -0.515. The number of primary amides is 1. The Morgan fingerprint density at radius 2 is 2.00 bits per heavy atom. The molecule has 2 aromatic heterocycles. The number of aromatic nitrogens is 2. The van der Waals surface area contributed by atoms with E-state index < -0.39 is 5.91 Å². The molecule has 3 aromatic rings. The van der Waals surface area contributed by atoms with Gasteiger partial charge in [0.2, 0.25) is 5.91 Å². The molecule has 0 saturated carbocycles. The predicted molar refractivity (Wildman–Crippen MR) is 80.1 cm³/mol. The Balaban J connectivity index is 2.22. The van der Waals surface area contributed by atoms with Gasteiger partial charge >= 0.3 is 0 Å². The standard InChI is InChI=1S/C15H12ClN3O2/c16-11-3-1-9(2-4-11)14-12(8-20)19-6-5-10(15(17)21)7-13(19)18-14/h1-7,20H,8H2,(H2,17,21). The summed E-state index contributed by atoms with van der Waals surface area (Å²) in [5, 5.41) is 10.2. The van der Waals surface area contributed by atoms with Crippen molar-refractivity contribution in [3.63, 3.8) is 0 Å². The van der Waals surface area contributed by atoms with E-state index in [-0.39, 0.29) is 6.61 Å². The quantitative estimate of drug-likeness (QED) is 0.778. The number of amides is 1. The molecule has 1 aromatic carbocycles. The fourth-order valence-electron chi connectivity index (χ4n) is 2.24. The van der Waals surface area contributed by atoms with Gasteiger partial charge < -0.3 is 15.2 Å². The number of halogens is 1. The minimum absolute atomic E-state index is 0.172. The number of benzene rings is 1. The van der Waals surface area contributed by atoms with Crippen molar-refractivity contribution in [3.8, 4) is 11.3 Å². The minimum atomic E-state index is -0.515. The van der Waals surface area contributed by atoms with Crippen LogP contribution in [0.25, 0.3) is 16.9 Å². The molecule has 0 aliphatic carbocycles. The molecule has 3 N–H and O–H groups in total. The molecule has 0 aliphatic rings. The lowest BCUT2D eigenvalue weighted by atomic mass is 10.1. The largest absolute Gasteiger partial charge is 0.390 e. The summed E-state index contributed by atoms with van der Waals surface area (Å²) in [5.41, 5.74) is 8.33. The van der Waals surface area contributed by atoms with Crippen LogP contribution in [-0.4, -0.2) is 20.4 Å². The monoisotopic (exact) mass is 301 g/mol. The maximum atomic E-state index is 11.2. The summed E-state index contributed by atoms with van der Waals surface area (Å²) in [7, 11) is 0. The number of carbonyl (C=O) groups is 1. The van der Waals surface area contributed by atoms with Gasteiger partial charge in [-0.2, -0.15) is 0 Å². The van der Waals surface area contributed by atoms with Gasteiger partial charge in [-0.3, -0.25) is 4.79 Å². The van der Waals surface area contributed by atoms with E-state index in [9.17, 15) is 9.90 Å². The van der Waals surface area contributed by atoms with Crippen LogP contribution in [0.2, 0.25) is 5.02 Å².